The first-order valence-corrected chi connectivity index (χ1v) is 6.92. The van der Waals surface area contributed by atoms with Crippen LogP contribution < -0.4 is 0 Å². The number of rotatable bonds is 4. The number of nitrogens with zero attached hydrogens (tertiary/aromatic N) is 3. The third kappa shape index (κ3) is 2.58. The molecule has 16 heavy (non-hydrogen) atoms. The predicted octanol–water partition coefficient (Wildman–Crippen LogP) is 1.37. The van der Waals surface area contributed by atoms with E-state index < -0.39 is 10.0 Å². The monoisotopic (exact) mass is 259 g/mol. The van der Waals surface area contributed by atoms with Crippen LogP contribution in [0.3, 0.4) is 0 Å². The summed E-state index contributed by atoms with van der Waals surface area (Å²) in [7, 11) is -2.02. The standard InChI is InChI=1S/C9H13N3O2S2/c1-7(4-5-10)12(3)16(13,14)9-6-11-8(2)15-9/h6-7H,4H2,1-3H3. The van der Waals surface area contributed by atoms with Gasteiger partial charge in [-0.05, 0) is 13.8 Å². The zero-order valence-electron chi connectivity index (χ0n) is 9.34. The van der Waals surface area contributed by atoms with Crippen LogP contribution in [0.2, 0.25) is 0 Å². The maximum Gasteiger partial charge on any atom is 0.254 e. The molecule has 1 heterocycles. The van der Waals surface area contributed by atoms with Gasteiger partial charge in [0.1, 0.15) is 0 Å². The molecule has 5 nitrogen and oxygen atoms in total. The highest BCUT2D eigenvalue weighted by Gasteiger charge is 2.26. The SMILES string of the molecule is Cc1ncc(S(=O)(=O)N(C)C(C)CC#N)s1. The van der Waals surface area contributed by atoms with Crippen molar-refractivity contribution in [3.05, 3.63) is 11.2 Å². The highest BCUT2D eigenvalue weighted by Crippen LogP contribution is 2.23. The molecule has 1 rings (SSSR count). The number of aromatic nitrogens is 1. The lowest BCUT2D eigenvalue weighted by Gasteiger charge is -2.20. The first-order chi connectivity index (χ1) is 7.39. The third-order valence-corrected chi connectivity index (χ3v) is 5.56. The van der Waals surface area contributed by atoms with Gasteiger partial charge in [0.15, 0.2) is 4.21 Å². The van der Waals surface area contributed by atoms with Crippen molar-refractivity contribution in [2.24, 2.45) is 0 Å². The largest absolute Gasteiger partial charge is 0.254 e. The van der Waals surface area contributed by atoms with Crippen LogP contribution in [0.1, 0.15) is 18.4 Å². The Kier molecular flexibility index (Phi) is 4.02. The first kappa shape index (κ1) is 13.1. The van der Waals surface area contributed by atoms with Crippen LogP contribution in [0.25, 0.3) is 0 Å². The second kappa shape index (κ2) is 4.91. The number of sulfonamides is 1. The van der Waals surface area contributed by atoms with E-state index in [0.29, 0.717) is 5.01 Å². The molecular weight excluding hydrogens is 246 g/mol. The van der Waals surface area contributed by atoms with Crippen molar-refractivity contribution in [1.82, 2.24) is 9.29 Å². The Morgan fingerprint density at radius 1 is 1.69 bits per heavy atom. The fourth-order valence-electron chi connectivity index (χ4n) is 1.10. The van der Waals surface area contributed by atoms with E-state index in [-0.39, 0.29) is 16.7 Å². The van der Waals surface area contributed by atoms with Crippen molar-refractivity contribution in [3.8, 4) is 6.07 Å². The summed E-state index contributed by atoms with van der Waals surface area (Å²) < 4.78 is 25.5. The quantitative estimate of drug-likeness (QED) is 0.818. The van der Waals surface area contributed by atoms with E-state index in [1.807, 2.05) is 6.07 Å². The van der Waals surface area contributed by atoms with E-state index in [1.54, 1.807) is 13.8 Å². The van der Waals surface area contributed by atoms with Crippen molar-refractivity contribution in [3.63, 3.8) is 0 Å². The van der Waals surface area contributed by atoms with Crippen molar-refractivity contribution < 1.29 is 8.42 Å². The molecule has 1 aromatic heterocycles. The average Bonchev–Trinajstić information content (AvgIpc) is 2.64. The average molecular weight is 259 g/mol. The molecule has 0 saturated carbocycles. The summed E-state index contributed by atoms with van der Waals surface area (Å²) in [4.78, 5) is 3.92. The van der Waals surface area contributed by atoms with Crippen LogP contribution in [-0.2, 0) is 10.0 Å². The molecular formula is C9H13N3O2S2. The van der Waals surface area contributed by atoms with Crippen LogP contribution in [0.4, 0.5) is 0 Å². The van der Waals surface area contributed by atoms with E-state index in [2.05, 4.69) is 4.98 Å². The lowest BCUT2D eigenvalue weighted by atomic mass is 10.3. The predicted molar refractivity (Wildman–Crippen MR) is 61.5 cm³/mol. The molecule has 7 heteroatoms. The van der Waals surface area contributed by atoms with Gasteiger partial charge in [0.2, 0.25) is 0 Å². The molecule has 0 spiro atoms. The van der Waals surface area contributed by atoms with Crippen molar-refractivity contribution in [1.29, 1.82) is 5.26 Å². The molecule has 0 saturated heterocycles. The second-order valence-corrected chi connectivity index (χ2v) is 6.89. The summed E-state index contributed by atoms with van der Waals surface area (Å²) in [6.07, 6.45) is 1.53. The van der Waals surface area contributed by atoms with Gasteiger partial charge in [-0.1, -0.05) is 0 Å². The number of nitriles is 1. The minimum Gasteiger partial charge on any atom is -0.249 e. The molecule has 0 aliphatic rings. The smallest absolute Gasteiger partial charge is 0.249 e. The molecule has 88 valence electrons. The van der Waals surface area contributed by atoms with Gasteiger partial charge in [0.05, 0.1) is 23.7 Å². The molecule has 1 aromatic rings. The van der Waals surface area contributed by atoms with Gasteiger partial charge < -0.3 is 0 Å². The summed E-state index contributed by atoms with van der Waals surface area (Å²) in [5.41, 5.74) is 0. The Morgan fingerprint density at radius 2 is 2.31 bits per heavy atom. The van der Waals surface area contributed by atoms with Crippen LogP contribution in [0.15, 0.2) is 10.4 Å². The number of hydrogen-bond donors (Lipinski definition) is 0. The number of thiazole rings is 1. The topological polar surface area (TPSA) is 74.1 Å². The lowest BCUT2D eigenvalue weighted by molar-refractivity contribution is 0.394. The minimum atomic E-state index is -3.50. The van der Waals surface area contributed by atoms with E-state index in [0.717, 1.165) is 11.3 Å². The molecule has 0 radical (unpaired) electrons. The summed E-state index contributed by atoms with van der Waals surface area (Å²) in [6, 6.07) is 1.62. The molecule has 1 atom stereocenters. The number of aryl methyl sites for hydroxylation is 1. The summed E-state index contributed by atoms with van der Waals surface area (Å²) >= 11 is 1.13. The Morgan fingerprint density at radius 3 is 2.75 bits per heavy atom. The van der Waals surface area contributed by atoms with E-state index >= 15 is 0 Å². The van der Waals surface area contributed by atoms with Gasteiger partial charge >= 0.3 is 0 Å². The molecule has 0 aliphatic heterocycles. The molecule has 1 unspecified atom stereocenters. The van der Waals surface area contributed by atoms with Crippen LogP contribution in [0.5, 0.6) is 0 Å². The lowest BCUT2D eigenvalue weighted by Crippen LogP contribution is -2.34. The first-order valence-electron chi connectivity index (χ1n) is 4.67. The summed E-state index contributed by atoms with van der Waals surface area (Å²) in [5, 5.41) is 9.25. The Balaban J connectivity index is 2.99. The van der Waals surface area contributed by atoms with E-state index in [1.165, 1.54) is 17.5 Å². The fraction of sp³-hybridized carbons (Fsp3) is 0.556. The van der Waals surface area contributed by atoms with Gasteiger partial charge in [0, 0.05) is 13.1 Å². The fourth-order valence-corrected chi connectivity index (χ4v) is 3.76. The highest BCUT2D eigenvalue weighted by atomic mass is 32.2. The van der Waals surface area contributed by atoms with Crippen molar-refractivity contribution in [2.45, 2.75) is 30.5 Å². The molecule has 0 amide bonds. The third-order valence-electron chi connectivity index (χ3n) is 2.24. The molecule has 0 fully saturated rings. The van der Waals surface area contributed by atoms with Crippen LogP contribution in [-0.4, -0.2) is 30.8 Å². The summed E-state index contributed by atoms with van der Waals surface area (Å²) in [5.74, 6) is 0. The Bertz CT molecular complexity index is 501. The van der Waals surface area contributed by atoms with Gasteiger partial charge in [-0.3, -0.25) is 0 Å². The van der Waals surface area contributed by atoms with Crippen molar-refractivity contribution in [2.75, 3.05) is 7.05 Å². The van der Waals surface area contributed by atoms with Crippen LogP contribution >= 0.6 is 11.3 Å². The van der Waals surface area contributed by atoms with Gasteiger partial charge in [-0.25, -0.2) is 13.4 Å². The zero-order valence-corrected chi connectivity index (χ0v) is 11.0. The maximum absolute atomic E-state index is 12.0. The molecule has 0 aromatic carbocycles. The molecule has 0 N–H and O–H groups in total. The zero-order chi connectivity index (χ0) is 12.3. The van der Waals surface area contributed by atoms with Gasteiger partial charge in [-0.2, -0.15) is 9.57 Å². The number of hydrogen-bond acceptors (Lipinski definition) is 5. The van der Waals surface area contributed by atoms with Gasteiger partial charge in [0.25, 0.3) is 10.0 Å². The van der Waals surface area contributed by atoms with Crippen molar-refractivity contribution >= 4 is 21.4 Å². The normalized spacial score (nSPS) is 13.7. The van der Waals surface area contributed by atoms with E-state index in [4.69, 9.17) is 5.26 Å². The highest BCUT2D eigenvalue weighted by molar-refractivity contribution is 7.91. The summed E-state index contributed by atoms with van der Waals surface area (Å²) in [6.45, 7) is 3.46. The minimum absolute atomic E-state index is 0.174. The molecule has 0 bridgehead atoms. The van der Waals surface area contributed by atoms with Crippen LogP contribution in [0, 0.1) is 18.3 Å². The second-order valence-electron chi connectivity index (χ2n) is 3.43. The Hall–Kier alpha value is -0.970. The molecule has 0 aliphatic carbocycles. The van der Waals surface area contributed by atoms with Gasteiger partial charge in [-0.15, -0.1) is 11.3 Å². The van der Waals surface area contributed by atoms with E-state index in [9.17, 15) is 8.42 Å². The Labute approximate surface area is 99.4 Å². The maximum atomic E-state index is 12.0.